The third kappa shape index (κ3) is 1.87. The lowest BCUT2D eigenvalue weighted by Gasteiger charge is -2.00. The highest BCUT2D eigenvalue weighted by Crippen LogP contribution is 2.30. The first-order valence-electron chi connectivity index (χ1n) is 5.80. The molecule has 3 nitrogen and oxygen atoms in total. The fraction of sp³-hybridized carbons (Fsp3) is 0.143. The minimum atomic E-state index is -0.856. The maximum atomic E-state index is 13.4. The molecule has 2 heterocycles. The van der Waals surface area contributed by atoms with Crippen molar-refractivity contribution in [3.63, 3.8) is 0 Å². The van der Waals surface area contributed by atoms with Crippen molar-refractivity contribution in [2.45, 2.75) is 6.92 Å². The first kappa shape index (κ1) is 11.8. The van der Waals surface area contributed by atoms with E-state index in [0.29, 0.717) is 22.4 Å². The van der Waals surface area contributed by atoms with Gasteiger partial charge in [0.25, 0.3) is 0 Å². The Morgan fingerprint density at radius 3 is 2.63 bits per heavy atom. The Balaban J connectivity index is 2.33. The summed E-state index contributed by atoms with van der Waals surface area (Å²) < 4.78 is 28.5. The molecule has 1 aromatic carbocycles. The van der Waals surface area contributed by atoms with Gasteiger partial charge in [0.15, 0.2) is 11.6 Å². The van der Waals surface area contributed by atoms with Crippen LogP contribution in [0.3, 0.4) is 0 Å². The largest absolute Gasteiger partial charge is 0.350 e. The van der Waals surface area contributed by atoms with Crippen molar-refractivity contribution in [3.05, 3.63) is 48.1 Å². The number of nitrogens with zero attached hydrogens (tertiary/aromatic N) is 3. The normalized spacial score (nSPS) is 11.2. The molecule has 0 saturated carbocycles. The van der Waals surface area contributed by atoms with Gasteiger partial charge >= 0.3 is 0 Å². The molecule has 2 aromatic heterocycles. The molecule has 0 aliphatic rings. The van der Waals surface area contributed by atoms with Crippen molar-refractivity contribution < 1.29 is 8.78 Å². The molecular weight excluding hydrogens is 248 g/mol. The van der Waals surface area contributed by atoms with E-state index in [4.69, 9.17) is 0 Å². The van der Waals surface area contributed by atoms with Crippen LogP contribution >= 0.6 is 0 Å². The number of hydrogen-bond acceptors (Lipinski definition) is 2. The van der Waals surface area contributed by atoms with Gasteiger partial charge in [-0.2, -0.15) is 0 Å². The zero-order valence-corrected chi connectivity index (χ0v) is 10.5. The number of hydrogen-bond donors (Lipinski definition) is 0. The van der Waals surface area contributed by atoms with Crippen molar-refractivity contribution >= 4 is 10.9 Å². The van der Waals surface area contributed by atoms with Crippen LogP contribution in [0.25, 0.3) is 22.2 Å². The molecule has 3 aromatic rings. The Kier molecular flexibility index (Phi) is 2.55. The van der Waals surface area contributed by atoms with Gasteiger partial charge in [0.05, 0.1) is 11.2 Å². The molecule has 0 fully saturated rings. The van der Waals surface area contributed by atoms with Gasteiger partial charge in [-0.3, -0.25) is 0 Å². The third-order valence-electron chi connectivity index (χ3n) is 3.08. The maximum Gasteiger partial charge on any atom is 0.160 e. The SMILES string of the molecule is Cc1nccc(-c2cn(C)c3cc(F)c(F)cc23)n1. The molecule has 3 rings (SSSR count). The Labute approximate surface area is 108 Å². The van der Waals surface area contributed by atoms with Crippen LogP contribution in [-0.2, 0) is 7.05 Å². The highest BCUT2D eigenvalue weighted by Gasteiger charge is 2.13. The lowest BCUT2D eigenvalue weighted by atomic mass is 10.1. The lowest BCUT2D eigenvalue weighted by Crippen LogP contribution is -1.89. The second kappa shape index (κ2) is 4.12. The topological polar surface area (TPSA) is 30.7 Å². The summed E-state index contributed by atoms with van der Waals surface area (Å²) in [7, 11) is 1.79. The van der Waals surface area contributed by atoms with Crippen LogP contribution in [0.2, 0.25) is 0 Å². The summed E-state index contributed by atoms with van der Waals surface area (Å²) in [5, 5.41) is 0.638. The van der Waals surface area contributed by atoms with Gasteiger partial charge in [-0.05, 0) is 19.1 Å². The summed E-state index contributed by atoms with van der Waals surface area (Å²) in [6, 6.07) is 4.16. The predicted molar refractivity (Wildman–Crippen MR) is 68.6 cm³/mol. The molecule has 0 amide bonds. The summed E-state index contributed by atoms with van der Waals surface area (Å²) >= 11 is 0. The standard InChI is InChI=1S/C14H11F2N3/c1-8-17-4-3-13(18-8)10-7-19(2)14-6-12(16)11(15)5-9(10)14/h3-7H,1-2H3. The molecule has 19 heavy (non-hydrogen) atoms. The quantitative estimate of drug-likeness (QED) is 0.671. The van der Waals surface area contributed by atoms with Gasteiger partial charge < -0.3 is 4.57 Å². The second-order valence-corrected chi connectivity index (χ2v) is 4.43. The summed E-state index contributed by atoms with van der Waals surface area (Å²) in [6.45, 7) is 1.79. The molecule has 0 unspecified atom stereocenters. The van der Waals surface area contributed by atoms with Crippen LogP contribution in [-0.4, -0.2) is 14.5 Å². The van der Waals surface area contributed by atoms with E-state index < -0.39 is 11.6 Å². The molecule has 0 saturated heterocycles. The second-order valence-electron chi connectivity index (χ2n) is 4.43. The van der Waals surface area contributed by atoms with Crippen molar-refractivity contribution in [3.8, 4) is 11.3 Å². The fourth-order valence-electron chi connectivity index (χ4n) is 2.19. The van der Waals surface area contributed by atoms with E-state index in [-0.39, 0.29) is 0 Å². The Morgan fingerprint density at radius 2 is 1.89 bits per heavy atom. The molecule has 0 radical (unpaired) electrons. The molecule has 96 valence electrons. The Hall–Kier alpha value is -2.30. The van der Waals surface area contributed by atoms with Crippen molar-refractivity contribution in [2.24, 2.45) is 7.05 Å². The third-order valence-corrected chi connectivity index (χ3v) is 3.08. The van der Waals surface area contributed by atoms with Gasteiger partial charge in [0.1, 0.15) is 5.82 Å². The number of aryl methyl sites for hydroxylation is 2. The van der Waals surface area contributed by atoms with E-state index >= 15 is 0 Å². The first-order chi connectivity index (χ1) is 9.06. The van der Waals surface area contributed by atoms with Gasteiger partial charge in [-0.25, -0.2) is 18.7 Å². The zero-order chi connectivity index (χ0) is 13.6. The van der Waals surface area contributed by atoms with Crippen molar-refractivity contribution in [1.29, 1.82) is 0 Å². The van der Waals surface area contributed by atoms with Crippen LogP contribution < -0.4 is 0 Å². The molecule has 0 atom stereocenters. The summed E-state index contributed by atoms with van der Waals surface area (Å²) in [5.41, 5.74) is 2.09. The summed E-state index contributed by atoms with van der Waals surface area (Å²) in [4.78, 5) is 8.35. The average molecular weight is 259 g/mol. The average Bonchev–Trinajstić information content (AvgIpc) is 2.68. The van der Waals surface area contributed by atoms with Gasteiger partial charge in [-0.1, -0.05) is 0 Å². The Bertz CT molecular complexity index is 778. The number of benzene rings is 1. The van der Waals surface area contributed by atoms with Crippen LogP contribution in [0.15, 0.2) is 30.6 Å². The monoisotopic (exact) mass is 259 g/mol. The molecule has 0 aliphatic heterocycles. The summed E-state index contributed by atoms with van der Waals surface area (Å²) in [6.07, 6.45) is 3.46. The zero-order valence-electron chi connectivity index (χ0n) is 10.5. The smallest absolute Gasteiger partial charge is 0.160 e. The molecule has 0 N–H and O–H groups in total. The molecule has 0 bridgehead atoms. The van der Waals surface area contributed by atoms with Crippen LogP contribution in [0.4, 0.5) is 8.78 Å². The lowest BCUT2D eigenvalue weighted by molar-refractivity contribution is 0.510. The minimum Gasteiger partial charge on any atom is -0.350 e. The maximum absolute atomic E-state index is 13.4. The van der Waals surface area contributed by atoms with E-state index in [0.717, 1.165) is 5.56 Å². The Morgan fingerprint density at radius 1 is 1.16 bits per heavy atom. The number of rotatable bonds is 1. The highest BCUT2D eigenvalue weighted by molar-refractivity contribution is 5.95. The van der Waals surface area contributed by atoms with Crippen molar-refractivity contribution in [1.82, 2.24) is 14.5 Å². The predicted octanol–water partition coefficient (Wildman–Crippen LogP) is 3.22. The van der Waals surface area contributed by atoms with E-state index in [1.54, 1.807) is 30.8 Å². The van der Waals surface area contributed by atoms with Gasteiger partial charge in [-0.15, -0.1) is 0 Å². The number of halogens is 2. The minimum absolute atomic E-state index is 0.630. The fourth-order valence-corrected chi connectivity index (χ4v) is 2.19. The van der Waals surface area contributed by atoms with Crippen LogP contribution in [0.5, 0.6) is 0 Å². The molecule has 0 spiro atoms. The number of fused-ring (bicyclic) bond motifs is 1. The number of aromatic nitrogens is 3. The van der Waals surface area contributed by atoms with E-state index in [9.17, 15) is 8.78 Å². The molecular formula is C14H11F2N3. The van der Waals surface area contributed by atoms with E-state index in [1.807, 2.05) is 6.20 Å². The van der Waals surface area contributed by atoms with E-state index in [2.05, 4.69) is 9.97 Å². The molecule has 5 heteroatoms. The van der Waals surface area contributed by atoms with Crippen molar-refractivity contribution in [2.75, 3.05) is 0 Å². The highest BCUT2D eigenvalue weighted by atomic mass is 19.2. The van der Waals surface area contributed by atoms with Gasteiger partial charge in [0.2, 0.25) is 0 Å². The van der Waals surface area contributed by atoms with E-state index in [1.165, 1.54) is 12.1 Å². The van der Waals surface area contributed by atoms with Gasteiger partial charge in [0, 0.05) is 36.5 Å². The van der Waals surface area contributed by atoms with Crippen LogP contribution in [0, 0.1) is 18.6 Å². The summed E-state index contributed by atoms with van der Waals surface area (Å²) in [5.74, 6) is -1.07. The van der Waals surface area contributed by atoms with Crippen LogP contribution in [0.1, 0.15) is 5.82 Å². The first-order valence-corrected chi connectivity index (χ1v) is 5.80. The molecule has 0 aliphatic carbocycles.